The maximum absolute atomic E-state index is 12.1. The lowest BCUT2D eigenvalue weighted by atomic mass is 9.82. The lowest BCUT2D eigenvalue weighted by Crippen LogP contribution is -2.70. The normalized spacial score (nSPS) is 26.0. The molecule has 1 atom stereocenters. The molecule has 3 N–H and O–H groups in total. The second-order valence-electron chi connectivity index (χ2n) is 7.22. The highest BCUT2D eigenvalue weighted by Crippen LogP contribution is 2.40. The van der Waals surface area contributed by atoms with Gasteiger partial charge in [-0.3, -0.25) is 5.32 Å². The van der Waals surface area contributed by atoms with Gasteiger partial charge >= 0.3 is 12.1 Å². The Morgan fingerprint density at radius 2 is 1.50 bits per heavy atom. The van der Waals surface area contributed by atoms with Crippen molar-refractivity contribution in [1.29, 1.82) is 0 Å². The molecule has 0 spiro atoms. The zero-order valence-electron chi connectivity index (χ0n) is 13.6. The molecular weight excluding hydrogens is 280 g/mol. The van der Waals surface area contributed by atoms with E-state index in [2.05, 4.69) is 16.0 Å². The molecule has 0 aromatic rings. The van der Waals surface area contributed by atoms with Crippen LogP contribution in [0.5, 0.6) is 0 Å². The molecule has 2 aliphatic carbocycles. The largest absolute Gasteiger partial charge is 0.328 e. The predicted octanol–water partition coefficient (Wildman–Crippen LogP) is 2.36. The summed E-state index contributed by atoms with van der Waals surface area (Å²) < 4.78 is 0. The summed E-state index contributed by atoms with van der Waals surface area (Å²) in [4.78, 5) is 25.5. The van der Waals surface area contributed by atoms with Crippen LogP contribution in [0.3, 0.4) is 0 Å². The Kier molecular flexibility index (Phi) is 4.57. The Labute approximate surface area is 132 Å². The fourth-order valence-electron chi connectivity index (χ4n) is 3.86. The number of carbonyl (C=O) groups excluding carboxylic acids is 2. The van der Waals surface area contributed by atoms with Gasteiger partial charge in [0.25, 0.3) is 0 Å². The topological polar surface area (TPSA) is 73.5 Å². The minimum atomic E-state index is -0.442. The highest BCUT2D eigenvalue weighted by atomic mass is 16.2. The van der Waals surface area contributed by atoms with Crippen LogP contribution in [-0.2, 0) is 0 Å². The first-order chi connectivity index (χ1) is 10.6. The average Bonchev–Trinajstić information content (AvgIpc) is 3.29. The van der Waals surface area contributed by atoms with E-state index in [1.807, 2.05) is 13.8 Å². The van der Waals surface area contributed by atoms with E-state index >= 15 is 0 Å². The predicted molar refractivity (Wildman–Crippen MR) is 84.0 cm³/mol. The van der Waals surface area contributed by atoms with Crippen molar-refractivity contribution in [2.24, 2.45) is 11.8 Å². The number of nitrogens with one attached hydrogen (secondary N) is 3. The molecule has 0 aromatic heterocycles. The zero-order valence-corrected chi connectivity index (χ0v) is 13.6. The van der Waals surface area contributed by atoms with E-state index in [1.165, 1.54) is 49.8 Å². The van der Waals surface area contributed by atoms with E-state index in [1.54, 1.807) is 0 Å². The van der Waals surface area contributed by atoms with E-state index in [0.29, 0.717) is 17.9 Å². The molecule has 1 saturated heterocycles. The van der Waals surface area contributed by atoms with Gasteiger partial charge in [0.2, 0.25) is 0 Å². The molecule has 6 nitrogen and oxygen atoms in total. The Bertz CT molecular complexity index is 412. The molecule has 1 unspecified atom stereocenters. The standard InChI is InChI=1S/C16H28N4O2/c1-10(2)20-15(21)18-14(19-16(20)22)17-13(12-8-9-12)11-6-4-3-5-7-11/h10-14,17H,3-9H2,1-2H3,(H,18,21)(H,19,22). The molecule has 3 fully saturated rings. The van der Waals surface area contributed by atoms with Gasteiger partial charge in [-0.1, -0.05) is 19.3 Å². The van der Waals surface area contributed by atoms with Crippen LogP contribution in [0.2, 0.25) is 0 Å². The molecule has 6 heteroatoms. The second-order valence-corrected chi connectivity index (χ2v) is 7.22. The Morgan fingerprint density at radius 1 is 0.955 bits per heavy atom. The number of carbonyl (C=O) groups is 2. The SMILES string of the molecule is CC(C)N1C(=O)NC(NC(C2CCCCC2)C2CC2)NC1=O. The van der Waals surface area contributed by atoms with Crippen molar-refractivity contribution in [3.05, 3.63) is 0 Å². The molecule has 3 rings (SSSR count). The summed E-state index contributed by atoms with van der Waals surface area (Å²) in [6.07, 6.45) is 8.57. The summed E-state index contributed by atoms with van der Waals surface area (Å²) in [5.41, 5.74) is 0. The molecule has 0 bridgehead atoms. The Morgan fingerprint density at radius 3 is 2.00 bits per heavy atom. The van der Waals surface area contributed by atoms with Crippen molar-refractivity contribution in [3.63, 3.8) is 0 Å². The number of rotatable bonds is 5. The summed E-state index contributed by atoms with van der Waals surface area (Å²) in [5.74, 6) is 1.39. The summed E-state index contributed by atoms with van der Waals surface area (Å²) in [7, 11) is 0. The minimum absolute atomic E-state index is 0.140. The van der Waals surface area contributed by atoms with Gasteiger partial charge in [0.1, 0.15) is 0 Å². The van der Waals surface area contributed by atoms with Crippen molar-refractivity contribution in [2.75, 3.05) is 0 Å². The van der Waals surface area contributed by atoms with E-state index in [4.69, 9.17) is 0 Å². The quantitative estimate of drug-likeness (QED) is 0.730. The summed E-state index contributed by atoms with van der Waals surface area (Å²) in [6.45, 7) is 3.67. The van der Waals surface area contributed by atoms with E-state index in [9.17, 15) is 9.59 Å². The van der Waals surface area contributed by atoms with E-state index in [-0.39, 0.29) is 18.1 Å². The third kappa shape index (κ3) is 3.37. The van der Waals surface area contributed by atoms with Crippen LogP contribution in [0, 0.1) is 11.8 Å². The molecular formula is C16H28N4O2. The van der Waals surface area contributed by atoms with Crippen LogP contribution in [0.25, 0.3) is 0 Å². The van der Waals surface area contributed by atoms with Crippen molar-refractivity contribution >= 4 is 12.1 Å². The molecule has 0 radical (unpaired) electrons. The van der Waals surface area contributed by atoms with Gasteiger partial charge in [-0.05, 0) is 51.4 Å². The maximum Gasteiger partial charge on any atom is 0.328 e. The molecule has 0 aromatic carbocycles. The van der Waals surface area contributed by atoms with E-state index < -0.39 is 6.29 Å². The molecule has 124 valence electrons. The van der Waals surface area contributed by atoms with Crippen molar-refractivity contribution in [2.45, 2.75) is 77.2 Å². The fraction of sp³-hybridized carbons (Fsp3) is 0.875. The van der Waals surface area contributed by atoms with Crippen molar-refractivity contribution in [3.8, 4) is 0 Å². The first-order valence-electron chi connectivity index (χ1n) is 8.72. The number of hydrogen-bond acceptors (Lipinski definition) is 3. The van der Waals surface area contributed by atoms with Gasteiger partial charge in [0.05, 0.1) is 0 Å². The van der Waals surface area contributed by atoms with Crippen LogP contribution in [0.4, 0.5) is 9.59 Å². The zero-order chi connectivity index (χ0) is 15.7. The fourth-order valence-corrected chi connectivity index (χ4v) is 3.86. The molecule has 1 heterocycles. The van der Waals surface area contributed by atoms with E-state index in [0.717, 1.165) is 0 Å². The monoisotopic (exact) mass is 308 g/mol. The van der Waals surface area contributed by atoms with Gasteiger partial charge in [-0.2, -0.15) is 0 Å². The minimum Gasteiger partial charge on any atom is -0.305 e. The first-order valence-corrected chi connectivity index (χ1v) is 8.72. The number of imide groups is 1. The van der Waals surface area contributed by atoms with Crippen LogP contribution in [0.15, 0.2) is 0 Å². The summed E-state index contributed by atoms with van der Waals surface area (Å²) in [6, 6.07) is -0.348. The first kappa shape index (κ1) is 15.6. The number of hydrogen-bond donors (Lipinski definition) is 3. The summed E-state index contributed by atoms with van der Waals surface area (Å²) in [5, 5.41) is 9.27. The smallest absolute Gasteiger partial charge is 0.305 e. The van der Waals surface area contributed by atoms with Gasteiger partial charge in [-0.25, -0.2) is 14.5 Å². The van der Waals surface area contributed by atoms with Crippen molar-refractivity contribution in [1.82, 2.24) is 20.9 Å². The van der Waals surface area contributed by atoms with Crippen LogP contribution >= 0.6 is 0 Å². The molecule has 1 aliphatic heterocycles. The maximum atomic E-state index is 12.1. The Balaban J connectivity index is 1.61. The number of urea groups is 2. The van der Waals surface area contributed by atoms with Crippen LogP contribution < -0.4 is 16.0 Å². The average molecular weight is 308 g/mol. The van der Waals surface area contributed by atoms with Gasteiger partial charge in [-0.15, -0.1) is 0 Å². The van der Waals surface area contributed by atoms with Gasteiger partial charge < -0.3 is 10.6 Å². The van der Waals surface area contributed by atoms with Gasteiger partial charge in [0.15, 0.2) is 6.29 Å². The molecule has 22 heavy (non-hydrogen) atoms. The number of nitrogens with zero attached hydrogens (tertiary/aromatic N) is 1. The second kappa shape index (κ2) is 6.44. The molecule has 2 saturated carbocycles. The summed E-state index contributed by atoms with van der Waals surface area (Å²) >= 11 is 0. The lowest BCUT2D eigenvalue weighted by Gasteiger charge is -2.39. The third-order valence-electron chi connectivity index (χ3n) is 5.14. The molecule has 4 amide bonds. The highest BCUT2D eigenvalue weighted by Gasteiger charge is 2.40. The number of amides is 4. The van der Waals surface area contributed by atoms with Crippen LogP contribution in [-0.4, -0.2) is 35.3 Å². The molecule has 3 aliphatic rings. The van der Waals surface area contributed by atoms with Crippen molar-refractivity contribution < 1.29 is 9.59 Å². The van der Waals surface area contributed by atoms with Gasteiger partial charge in [0, 0.05) is 12.1 Å². The third-order valence-corrected chi connectivity index (χ3v) is 5.14. The lowest BCUT2D eigenvalue weighted by molar-refractivity contribution is 0.137. The highest BCUT2D eigenvalue weighted by molar-refractivity contribution is 5.96. The Hall–Kier alpha value is -1.30. The van der Waals surface area contributed by atoms with Crippen LogP contribution in [0.1, 0.15) is 58.8 Å².